The van der Waals surface area contributed by atoms with Gasteiger partial charge in [-0.2, -0.15) is 0 Å². The van der Waals surface area contributed by atoms with Crippen molar-refractivity contribution in [3.8, 4) is 0 Å². The molecule has 2 heterocycles. The Balaban J connectivity index is 1.53. The van der Waals surface area contributed by atoms with Crippen molar-refractivity contribution in [3.05, 3.63) is 57.6 Å². The molecule has 0 spiro atoms. The van der Waals surface area contributed by atoms with Crippen LogP contribution in [0.5, 0.6) is 0 Å². The van der Waals surface area contributed by atoms with E-state index in [1.54, 1.807) is 29.5 Å². The van der Waals surface area contributed by atoms with E-state index in [0.717, 1.165) is 18.5 Å². The van der Waals surface area contributed by atoms with Crippen LogP contribution in [0.15, 0.2) is 39.3 Å². The number of thiazole rings is 1. The number of aryl methyl sites for hydroxylation is 1. The van der Waals surface area contributed by atoms with Crippen molar-refractivity contribution in [2.75, 3.05) is 0 Å². The van der Waals surface area contributed by atoms with Crippen molar-refractivity contribution in [2.45, 2.75) is 44.1 Å². The van der Waals surface area contributed by atoms with Crippen molar-refractivity contribution in [2.24, 2.45) is 5.92 Å². The van der Waals surface area contributed by atoms with E-state index >= 15 is 0 Å². The number of rotatable bonds is 8. The molecule has 132 valence electrons. The van der Waals surface area contributed by atoms with Crippen LogP contribution in [0.2, 0.25) is 0 Å². The van der Waals surface area contributed by atoms with Gasteiger partial charge in [-0.15, -0.1) is 21.5 Å². The van der Waals surface area contributed by atoms with Crippen LogP contribution in [0.4, 0.5) is 4.39 Å². The van der Waals surface area contributed by atoms with Crippen molar-refractivity contribution in [1.82, 2.24) is 15.2 Å². The highest BCUT2D eigenvalue weighted by Crippen LogP contribution is 2.24. The monoisotopic (exact) mass is 377 g/mol. The Morgan fingerprint density at radius 3 is 2.88 bits per heavy atom. The number of hydrogen-bond donors (Lipinski definition) is 0. The van der Waals surface area contributed by atoms with Gasteiger partial charge in [0.2, 0.25) is 5.89 Å². The van der Waals surface area contributed by atoms with Gasteiger partial charge in [0, 0.05) is 11.1 Å². The summed E-state index contributed by atoms with van der Waals surface area (Å²) in [4.78, 5) is 4.64. The summed E-state index contributed by atoms with van der Waals surface area (Å²) < 4.78 is 19.3. The molecule has 0 radical (unpaired) electrons. The van der Waals surface area contributed by atoms with E-state index in [1.165, 1.54) is 22.8 Å². The predicted molar refractivity (Wildman–Crippen MR) is 98.3 cm³/mol. The first-order chi connectivity index (χ1) is 12.1. The van der Waals surface area contributed by atoms with Gasteiger partial charge in [0.25, 0.3) is 5.22 Å². The minimum Gasteiger partial charge on any atom is -0.416 e. The Hall–Kier alpha value is -1.73. The average molecular weight is 378 g/mol. The van der Waals surface area contributed by atoms with E-state index in [4.69, 9.17) is 4.42 Å². The van der Waals surface area contributed by atoms with Crippen LogP contribution in [0.1, 0.15) is 42.4 Å². The first kappa shape index (κ1) is 18.1. The Morgan fingerprint density at radius 2 is 2.08 bits per heavy atom. The number of hydrogen-bond acceptors (Lipinski definition) is 6. The van der Waals surface area contributed by atoms with Crippen molar-refractivity contribution in [1.29, 1.82) is 0 Å². The summed E-state index contributed by atoms with van der Waals surface area (Å²) in [5.41, 5.74) is 1.58. The van der Waals surface area contributed by atoms with Crippen molar-refractivity contribution in [3.63, 3.8) is 0 Å². The summed E-state index contributed by atoms with van der Waals surface area (Å²) in [7, 11) is 0. The van der Waals surface area contributed by atoms with Crippen molar-refractivity contribution < 1.29 is 8.81 Å². The zero-order chi connectivity index (χ0) is 17.6. The zero-order valence-electron chi connectivity index (χ0n) is 14.2. The van der Waals surface area contributed by atoms with E-state index in [0.29, 0.717) is 34.8 Å². The standard InChI is InChI=1S/C18H20FN3OS2/c1-12(2)7-8-17-20-14(10-24-17)11-25-18-22-21-16(23-18)9-13-5-3-4-6-15(13)19/h3-6,10,12H,7-9,11H2,1-2H3. The molecular formula is C18H20FN3OS2. The second kappa shape index (κ2) is 8.58. The Morgan fingerprint density at radius 1 is 1.24 bits per heavy atom. The first-order valence-corrected chi connectivity index (χ1v) is 10.1. The van der Waals surface area contributed by atoms with Gasteiger partial charge in [-0.25, -0.2) is 9.37 Å². The highest BCUT2D eigenvalue weighted by molar-refractivity contribution is 7.98. The zero-order valence-corrected chi connectivity index (χ0v) is 15.9. The number of nitrogens with zero attached hydrogens (tertiary/aromatic N) is 3. The van der Waals surface area contributed by atoms with Gasteiger partial charge in [-0.05, 0) is 30.4 Å². The second-order valence-corrected chi connectivity index (χ2v) is 8.05. The highest BCUT2D eigenvalue weighted by atomic mass is 32.2. The fourth-order valence-corrected chi connectivity index (χ4v) is 3.84. The highest BCUT2D eigenvalue weighted by Gasteiger charge is 2.11. The second-order valence-electron chi connectivity index (χ2n) is 6.18. The predicted octanol–water partition coefficient (Wildman–Crippen LogP) is 5.14. The minimum absolute atomic E-state index is 0.258. The lowest BCUT2D eigenvalue weighted by atomic mass is 10.1. The third-order valence-corrected chi connectivity index (χ3v) is 5.44. The molecule has 25 heavy (non-hydrogen) atoms. The molecule has 3 aromatic rings. The summed E-state index contributed by atoms with van der Waals surface area (Å²) in [6, 6.07) is 6.61. The molecule has 4 nitrogen and oxygen atoms in total. The van der Waals surface area contributed by atoms with Crippen LogP contribution in [0.3, 0.4) is 0 Å². The van der Waals surface area contributed by atoms with Crippen LogP contribution in [0.25, 0.3) is 0 Å². The SMILES string of the molecule is CC(C)CCc1nc(CSc2nnc(Cc3ccccc3F)o2)cs1. The van der Waals surface area contributed by atoms with Crippen LogP contribution in [-0.4, -0.2) is 15.2 Å². The molecule has 7 heteroatoms. The molecule has 0 bridgehead atoms. The lowest BCUT2D eigenvalue weighted by Crippen LogP contribution is -1.92. The van der Waals surface area contributed by atoms with Gasteiger partial charge >= 0.3 is 0 Å². The van der Waals surface area contributed by atoms with Crippen LogP contribution in [-0.2, 0) is 18.6 Å². The molecule has 0 atom stereocenters. The van der Waals surface area contributed by atoms with Gasteiger partial charge in [-0.1, -0.05) is 43.8 Å². The van der Waals surface area contributed by atoms with Crippen LogP contribution in [0, 0.1) is 11.7 Å². The van der Waals surface area contributed by atoms with Crippen LogP contribution >= 0.6 is 23.1 Å². The maximum atomic E-state index is 13.7. The fraction of sp³-hybridized carbons (Fsp3) is 0.389. The number of halogens is 1. The third-order valence-electron chi connectivity index (χ3n) is 3.63. The molecule has 0 saturated heterocycles. The topological polar surface area (TPSA) is 51.8 Å². The van der Waals surface area contributed by atoms with E-state index in [2.05, 4.69) is 34.4 Å². The summed E-state index contributed by atoms with van der Waals surface area (Å²) in [6.45, 7) is 4.44. The summed E-state index contributed by atoms with van der Waals surface area (Å²) in [5, 5.41) is 11.8. The maximum absolute atomic E-state index is 13.7. The molecule has 1 aromatic carbocycles. The summed E-state index contributed by atoms with van der Waals surface area (Å²) in [6.07, 6.45) is 2.49. The van der Waals surface area contributed by atoms with Crippen molar-refractivity contribution >= 4 is 23.1 Å². The van der Waals surface area contributed by atoms with Gasteiger partial charge in [0.05, 0.1) is 17.1 Å². The number of aromatic nitrogens is 3. The number of benzene rings is 1. The Kier molecular flexibility index (Phi) is 6.20. The van der Waals surface area contributed by atoms with Gasteiger partial charge < -0.3 is 4.42 Å². The van der Waals surface area contributed by atoms with Gasteiger partial charge in [-0.3, -0.25) is 0 Å². The fourth-order valence-electron chi connectivity index (χ4n) is 2.25. The largest absolute Gasteiger partial charge is 0.416 e. The van der Waals surface area contributed by atoms with E-state index in [9.17, 15) is 4.39 Å². The lowest BCUT2D eigenvalue weighted by molar-refractivity contribution is 0.418. The molecule has 0 aliphatic carbocycles. The number of thioether (sulfide) groups is 1. The lowest BCUT2D eigenvalue weighted by Gasteiger charge is -2.00. The smallest absolute Gasteiger partial charge is 0.276 e. The molecule has 0 fully saturated rings. The van der Waals surface area contributed by atoms with Crippen LogP contribution < -0.4 is 0 Å². The maximum Gasteiger partial charge on any atom is 0.276 e. The normalized spacial score (nSPS) is 11.4. The third kappa shape index (κ3) is 5.37. The Labute approximate surface area is 154 Å². The van der Waals surface area contributed by atoms with Gasteiger partial charge in [0.15, 0.2) is 0 Å². The molecule has 0 aliphatic heterocycles. The van der Waals surface area contributed by atoms with E-state index in [-0.39, 0.29) is 5.82 Å². The molecule has 0 N–H and O–H groups in total. The van der Waals surface area contributed by atoms with Gasteiger partial charge in [0.1, 0.15) is 5.82 Å². The molecule has 0 amide bonds. The molecule has 3 rings (SSSR count). The molecular weight excluding hydrogens is 357 g/mol. The molecule has 2 aromatic heterocycles. The summed E-state index contributed by atoms with van der Waals surface area (Å²) in [5.74, 6) is 1.54. The quantitative estimate of drug-likeness (QED) is 0.509. The molecule has 0 aliphatic rings. The average Bonchev–Trinajstić information content (AvgIpc) is 3.22. The first-order valence-electron chi connectivity index (χ1n) is 8.22. The molecule has 0 saturated carbocycles. The van der Waals surface area contributed by atoms with E-state index in [1.807, 2.05) is 0 Å². The Bertz CT molecular complexity index is 816. The summed E-state index contributed by atoms with van der Waals surface area (Å²) >= 11 is 3.16. The minimum atomic E-state index is -0.258. The molecule has 0 unspecified atom stereocenters. The van der Waals surface area contributed by atoms with E-state index < -0.39 is 0 Å².